The van der Waals surface area contributed by atoms with E-state index >= 15 is 0 Å². The first kappa shape index (κ1) is 22.2. The van der Waals surface area contributed by atoms with Crippen LogP contribution < -0.4 is 10.2 Å². The molecule has 2 aromatic carbocycles. The Hall–Kier alpha value is -4.30. The summed E-state index contributed by atoms with van der Waals surface area (Å²) in [5.74, 6) is 0. The van der Waals surface area contributed by atoms with Crippen LogP contribution in [-0.2, 0) is 11.8 Å². The van der Waals surface area contributed by atoms with Gasteiger partial charge in [0.2, 0.25) is 0 Å². The molecule has 8 heteroatoms. The van der Waals surface area contributed by atoms with Crippen LogP contribution in [0.2, 0.25) is 0 Å². The molecule has 180 valence electrons. The fourth-order valence-electron chi connectivity index (χ4n) is 4.99. The highest BCUT2D eigenvalue weighted by atomic mass is 16.1. The summed E-state index contributed by atoms with van der Waals surface area (Å²) in [6.45, 7) is 3.93. The zero-order chi connectivity index (χ0) is 24.5. The zero-order valence-corrected chi connectivity index (χ0v) is 20.1. The lowest BCUT2D eigenvalue weighted by Crippen LogP contribution is -2.47. The van der Waals surface area contributed by atoms with E-state index in [1.807, 2.05) is 24.5 Å². The number of aromatic nitrogens is 4. The summed E-state index contributed by atoms with van der Waals surface area (Å²) in [4.78, 5) is 29.1. The molecule has 1 aliphatic heterocycles. The van der Waals surface area contributed by atoms with Gasteiger partial charge in [0, 0.05) is 74.8 Å². The highest BCUT2D eigenvalue weighted by Crippen LogP contribution is 2.35. The molecule has 0 amide bonds. The van der Waals surface area contributed by atoms with E-state index in [4.69, 9.17) is 0 Å². The van der Waals surface area contributed by atoms with E-state index < -0.39 is 0 Å². The Balaban J connectivity index is 1.37. The number of nitrogens with one attached hydrogen (secondary N) is 1. The van der Waals surface area contributed by atoms with Crippen molar-refractivity contribution in [2.75, 3.05) is 42.9 Å². The first-order chi connectivity index (χ1) is 17.7. The maximum absolute atomic E-state index is 10.9. The Kier molecular flexibility index (Phi) is 5.79. The fraction of sp³-hybridized carbons (Fsp3) is 0.214. The van der Waals surface area contributed by atoms with E-state index in [0.29, 0.717) is 6.54 Å². The molecular weight excluding hydrogens is 450 g/mol. The quantitative estimate of drug-likeness (QED) is 0.366. The average Bonchev–Trinajstić information content (AvgIpc) is 3.29. The zero-order valence-electron chi connectivity index (χ0n) is 20.1. The molecule has 1 fully saturated rings. The van der Waals surface area contributed by atoms with Crippen LogP contribution in [-0.4, -0.2) is 63.4 Å². The minimum absolute atomic E-state index is 0.491. The molecule has 0 radical (unpaired) electrons. The molecule has 6 rings (SSSR count). The van der Waals surface area contributed by atoms with Gasteiger partial charge in [0.05, 0.1) is 35.1 Å². The number of hydrogen-bond donors (Lipinski definition) is 1. The van der Waals surface area contributed by atoms with Crippen LogP contribution in [0.15, 0.2) is 73.4 Å². The van der Waals surface area contributed by atoms with Crippen LogP contribution in [0.1, 0.15) is 0 Å². The van der Waals surface area contributed by atoms with Crippen molar-refractivity contribution in [1.82, 2.24) is 24.4 Å². The maximum atomic E-state index is 10.9. The number of aryl methyl sites for hydroxylation is 1. The van der Waals surface area contributed by atoms with Crippen molar-refractivity contribution < 1.29 is 4.79 Å². The van der Waals surface area contributed by atoms with Gasteiger partial charge in [-0.1, -0.05) is 12.1 Å². The number of benzene rings is 2. The molecule has 1 saturated heterocycles. The average molecular weight is 478 g/mol. The molecule has 8 nitrogen and oxygen atoms in total. The summed E-state index contributed by atoms with van der Waals surface area (Å²) in [6, 6.07) is 14.8. The van der Waals surface area contributed by atoms with Crippen molar-refractivity contribution in [3.63, 3.8) is 0 Å². The summed E-state index contributed by atoms with van der Waals surface area (Å²) in [6.07, 6.45) is 10.2. The molecule has 5 aromatic rings. The molecule has 0 unspecified atom stereocenters. The Labute approximate surface area is 209 Å². The summed E-state index contributed by atoms with van der Waals surface area (Å²) in [7, 11) is 2.06. The second-order valence-corrected chi connectivity index (χ2v) is 9.12. The van der Waals surface area contributed by atoms with Crippen molar-refractivity contribution in [1.29, 1.82) is 0 Å². The largest absolute Gasteiger partial charge is 0.367 e. The molecule has 36 heavy (non-hydrogen) atoms. The maximum Gasteiger partial charge on any atom is 0.133 e. The van der Waals surface area contributed by atoms with Gasteiger partial charge < -0.3 is 19.6 Å². The first-order valence-electron chi connectivity index (χ1n) is 12.1. The van der Waals surface area contributed by atoms with Gasteiger partial charge in [-0.3, -0.25) is 19.9 Å². The van der Waals surface area contributed by atoms with Crippen LogP contribution in [0.25, 0.3) is 33.1 Å². The number of pyridine rings is 1. The van der Waals surface area contributed by atoms with Gasteiger partial charge in [0.25, 0.3) is 0 Å². The van der Waals surface area contributed by atoms with Gasteiger partial charge in [-0.25, -0.2) is 0 Å². The SMILES string of the molecule is Cn1ccc2ccc(-c3cc(Nc4cnccc4N4CCN(CC=O)CC4)cc4nccnc34)cc21. The summed E-state index contributed by atoms with van der Waals surface area (Å²) >= 11 is 0. The highest BCUT2D eigenvalue weighted by Gasteiger charge is 2.19. The third kappa shape index (κ3) is 4.16. The van der Waals surface area contributed by atoms with Gasteiger partial charge in [-0.05, 0) is 41.3 Å². The second-order valence-electron chi connectivity index (χ2n) is 9.12. The van der Waals surface area contributed by atoms with E-state index in [9.17, 15) is 4.79 Å². The van der Waals surface area contributed by atoms with Gasteiger partial charge >= 0.3 is 0 Å². The third-order valence-electron chi connectivity index (χ3n) is 6.90. The number of piperazine rings is 1. The lowest BCUT2D eigenvalue weighted by atomic mass is 10.0. The van der Waals surface area contributed by atoms with Crippen LogP contribution in [0.4, 0.5) is 17.1 Å². The number of carbonyl (C=O) groups is 1. The van der Waals surface area contributed by atoms with E-state index in [1.54, 1.807) is 12.4 Å². The molecule has 1 N–H and O–H groups in total. The topological polar surface area (TPSA) is 79.2 Å². The molecule has 0 bridgehead atoms. The molecule has 0 atom stereocenters. The number of hydrogen-bond acceptors (Lipinski definition) is 7. The van der Waals surface area contributed by atoms with Gasteiger partial charge in [0.1, 0.15) is 6.29 Å². The summed E-state index contributed by atoms with van der Waals surface area (Å²) < 4.78 is 2.13. The lowest BCUT2D eigenvalue weighted by Gasteiger charge is -2.36. The van der Waals surface area contributed by atoms with E-state index in [-0.39, 0.29) is 0 Å². The molecule has 0 saturated carbocycles. The smallest absolute Gasteiger partial charge is 0.133 e. The van der Waals surface area contributed by atoms with E-state index in [0.717, 1.165) is 71.7 Å². The Morgan fingerprint density at radius 2 is 1.83 bits per heavy atom. The first-order valence-corrected chi connectivity index (χ1v) is 12.1. The molecule has 0 spiro atoms. The van der Waals surface area contributed by atoms with Crippen molar-refractivity contribution >= 4 is 45.3 Å². The van der Waals surface area contributed by atoms with E-state index in [2.05, 4.69) is 78.2 Å². The van der Waals surface area contributed by atoms with Crippen LogP contribution in [0, 0.1) is 0 Å². The molecule has 1 aliphatic rings. The van der Waals surface area contributed by atoms with Crippen molar-refractivity contribution in [2.24, 2.45) is 7.05 Å². The molecule has 0 aliphatic carbocycles. The van der Waals surface area contributed by atoms with Crippen LogP contribution in [0.3, 0.4) is 0 Å². The van der Waals surface area contributed by atoms with Crippen LogP contribution in [0.5, 0.6) is 0 Å². The lowest BCUT2D eigenvalue weighted by molar-refractivity contribution is -0.108. The Morgan fingerprint density at radius 1 is 0.972 bits per heavy atom. The standard InChI is InChI=1S/C28H27N7O/c1-33-9-5-20-2-3-21(16-27(20)33)23-17-22(18-24-28(23)31-8-7-30-24)32-25-19-29-6-4-26(25)35-12-10-34(11-13-35)14-15-36/h2-9,15-19,32H,10-14H2,1H3. The number of nitrogens with zero attached hydrogens (tertiary/aromatic N) is 6. The number of anilines is 3. The summed E-state index contributed by atoms with van der Waals surface area (Å²) in [5.41, 5.74) is 7.96. The predicted molar refractivity (Wildman–Crippen MR) is 144 cm³/mol. The van der Waals surface area contributed by atoms with Crippen molar-refractivity contribution in [3.05, 3.63) is 73.4 Å². The number of fused-ring (bicyclic) bond motifs is 2. The number of aldehydes is 1. The minimum Gasteiger partial charge on any atom is -0.367 e. The molecule has 4 heterocycles. The molecule has 3 aromatic heterocycles. The van der Waals surface area contributed by atoms with Crippen LogP contribution >= 0.6 is 0 Å². The Morgan fingerprint density at radius 3 is 2.69 bits per heavy atom. The monoisotopic (exact) mass is 477 g/mol. The Bertz CT molecular complexity index is 1550. The predicted octanol–water partition coefficient (Wildman–Crippen LogP) is 4.25. The summed E-state index contributed by atoms with van der Waals surface area (Å²) in [5, 5.41) is 4.81. The van der Waals surface area contributed by atoms with Crippen molar-refractivity contribution in [3.8, 4) is 11.1 Å². The third-order valence-corrected chi connectivity index (χ3v) is 6.90. The van der Waals surface area contributed by atoms with Gasteiger partial charge in [-0.2, -0.15) is 0 Å². The van der Waals surface area contributed by atoms with Gasteiger partial charge in [-0.15, -0.1) is 0 Å². The second kappa shape index (κ2) is 9.39. The minimum atomic E-state index is 0.491. The van der Waals surface area contributed by atoms with Gasteiger partial charge in [0.15, 0.2) is 0 Å². The molecular formula is C28H27N7O. The fourth-order valence-corrected chi connectivity index (χ4v) is 4.99. The van der Waals surface area contributed by atoms with Crippen molar-refractivity contribution in [2.45, 2.75) is 0 Å². The highest BCUT2D eigenvalue weighted by molar-refractivity contribution is 5.97. The number of carbonyl (C=O) groups excluding carboxylic acids is 1. The number of rotatable bonds is 6. The normalized spacial score (nSPS) is 14.4. The van der Waals surface area contributed by atoms with E-state index in [1.165, 1.54) is 10.9 Å².